The third-order valence-electron chi connectivity index (χ3n) is 4.12. The van der Waals surface area contributed by atoms with Crippen LogP contribution in [0.4, 0.5) is 4.79 Å². The van der Waals surface area contributed by atoms with Crippen LogP contribution in [-0.4, -0.2) is 30.3 Å². The van der Waals surface area contributed by atoms with Crippen LogP contribution in [0.1, 0.15) is 44.7 Å². The van der Waals surface area contributed by atoms with E-state index in [1.165, 1.54) is 11.1 Å². The Bertz CT molecular complexity index is 514. The topological polar surface area (TPSA) is 50.4 Å². The van der Waals surface area contributed by atoms with Gasteiger partial charge in [0.25, 0.3) is 0 Å². The summed E-state index contributed by atoms with van der Waals surface area (Å²) >= 11 is 0. The second kappa shape index (κ2) is 6.69. The summed E-state index contributed by atoms with van der Waals surface area (Å²) in [5.74, 6) is 0. The van der Waals surface area contributed by atoms with E-state index in [0.29, 0.717) is 0 Å². The van der Waals surface area contributed by atoms with E-state index in [2.05, 4.69) is 41.8 Å². The molecule has 0 saturated carbocycles. The van der Waals surface area contributed by atoms with Crippen LogP contribution in [-0.2, 0) is 11.2 Å². The van der Waals surface area contributed by atoms with Gasteiger partial charge in [0.05, 0.1) is 0 Å². The number of alkyl carbamates (subject to hydrolysis) is 1. The molecule has 0 radical (unpaired) electrons. The summed E-state index contributed by atoms with van der Waals surface area (Å²) in [7, 11) is 0. The van der Waals surface area contributed by atoms with Crippen molar-refractivity contribution in [3.05, 3.63) is 35.4 Å². The van der Waals surface area contributed by atoms with E-state index in [-0.39, 0.29) is 11.6 Å². The van der Waals surface area contributed by atoms with Gasteiger partial charge in [-0.25, -0.2) is 4.79 Å². The summed E-state index contributed by atoms with van der Waals surface area (Å²) in [5.41, 5.74) is 1.87. The molecule has 1 saturated heterocycles. The molecule has 0 atom stereocenters. The van der Waals surface area contributed by atoms with E-state index >= 15 is 0 Å². The maximum absolute atomic E-state index is 12.3. The highest BCUT2D eigenvalue weighted by Gasteiger charge is 2.35. The van der Waals surface area contributed by atoms with Gasteiger partial charge in [0, 0.05) is 5.54 Å². The lowest BCUT2D eigenvalue weighted by Crippen LogP contribution is -2.56. The summed E-state index contributed by atoms with van der Waals surface area (Å²) < 4.78 is 5.46. The van der Waals surface area contributed by atoms with Crippen molar-refractivity contribution in [1.29, 1.82) is 0 Å². The van der Waals surface area contributed by atoms with Gasteiger partial charge in [-0.2, -0.15) is 0 Å². The molecule has 22 heavy (non-hydrogen) atoms. The minimum Gasteiger partial charge on any atom is -0.444 e. The molecule has 1 aromatic carbocycles. The molecule has 0 spiro atoms. The third-order valence-corrected chi connectivity index (χ3v) is 4.12. The Balaban J connectivity index is 2.14. The predicted octanol–water partition coefficient (Wildman–Crippen LogP) is 3.18. The van der Waals surface area contributed by atoms with Gasteiger partial charge >= 0.3 is 6.09 Å². The van der Waals surface area contributed by atoms with E-state index in [1.807, 2.05) is 20.8 Å². The summed E-state index contributed by atoms with van der Waals surface area (Å²) in [6.45, 7) is 9.63. The van der Waals surface area contributed by atoms with E-state index in [0.717, 1.165) is 32.4 Å². The first-order chi connectivity index (χ1) is 10.3. The van der Waals surface area contributed by atoms with Gasteiger partial charge in [-0.05, 0) is 71.2 Å². The molecular weight excluding hydrogens is 276 g/mol. The second-order valence-electron chi connectivity index (χ2n) is 7.26. The molecule has 1 aliphatic rings. The summed E-state index contributed by atoms with van der Waals surface area (Å²) in [4.78, 5) is 12.3. The molecule has 0 bridgehead atoms. The number of nitrogens with one attached hydrogen (secondary N) is 2. The van der Waals surface area contributed by atoms with Crippen molar-refractivity contribution in [3.63, 3.8) is 0 Å². The molecule has 1 aliphatic heterocycles. The Kier molecular flexibility index (Phi) is 5.12. The lowest BCUT2D eigenvalue weighted by atomic mass is 9.81. The predicted molar refractivity (Wildman–Crippen MR) is 89.1 cm³/mol. The lowest BCUT2D eigenvalue weighted by Gasteiger charge is -2.39. The number of benzene rings is 1. The minimum absolute atomic E-state index is 0.223. The molecule has 0 unspecified atom stereocenters. The Hall–Kier alpha value is -1.55. The molecule has 1 heterocycles. The van der Waals surface area contributed by atoms with Gasteiger partial charge < -0.3 is 15.4 Å². The van der Waals surface area contributed by atoms with E-state index in [9.17, 15) is 4.79 Å². The van der Waals surface area contributed by atoms with Crippen LogP contribution in [0.25, 0.3) is 0 Å². The molecule has 1 amide bonds. The zero-order valence-corrected chi connectivity index (χ0v) is 14.2. The standard InChI is InChI=1S/C18H28N2O2/c1-14-7-5-6-8-15(14)13-18(9-11-19-12-10-18)20-16(21)22-17(2,3)4/h5-8,19H,9-13H2,1-4H3,(H,20,21). The van der Waals surface area contributed by atoms with Crippen molar-refractivity contribution in [2.45, 2.75) is 58.1 Å². The zero-order valence-electron chi connectivity index (χ0n) is 14.2. The Morgan fingerprint density at radius 2 is 1.91 bits per heavy atom. The quantitative estimate of drug-likeness (QED) is 0.901. The van der Waals surface area contributed by atoms with Crippen LogP contribution in [0.15, 0.2) is 24.3 Å². The first-order valence-electron chi connectivity index (χ1n) is 8.06. The number of hydrogen-bond acceptors (Lipinski definition) is 3. The van der Waals surface area contributed by atoms with Crippen molar-refractivity contribution < 1.29 is 9.53 Å². The fourth-order valence-corrected chi connectivity index (χ4v) is 2.94. The summed E-state index contributed by atoms with van der Waals surface area (Å²) in [6.07, 6.45) is 2.37. The number of rotatable bonds is 3. The van der Waals surface area contributed by atoms with Gasteiger partial charge in [0.1, 0.15) is 5.60 Å². The van der Waals surface area contributed by atoms with Gasteiger partial charge in [-0.1, -0.05) is 24.3 Å². The van der Waals surface area contributed by atoms with Crippen LogP contribution < -0.4 is 10.6 Å². The molecule has 4 heteroatoms. The Morgan fingerprint density at radius 1 is 1.27 bits per heavy atom. The molecule has 1 aromatic rings. The smallest absolute Gasteiger partial charge is 0.408 e. The number of piperidine rings is 1. The van der Waals surface area contributed by atoms with Gasteiger partial charge in [0.2, 0.25) is 0 Å². The van der Waals surface area contributed by atoms with E-state index < -0.39 is 5.60 Å². The van der Waals surface area contributed by atoms with Crippen molar-refractivity contribution in [1.82, 2.24) is 10.6 Å². The van der Waals surface area contributed by atoms with E-state index in [4.69, 9.17) is 4.74 Å². The maximum Gasteiger partial charge on any atom is 0.408 e. The highest BCUT2D eigenvalue weighted by molar-refractivity contribution is 5.69. The number of amides is 1. The van der Waals surface area contributed by atoms with Gasteiger partial charge in [-0.15, -0.1) is 0 Å². The number of carbonyl (C=O) groups excluding carboxylic acids is 1. The number of carbonyl (C=O) groups is 1. The van der Waals surface area contributed by atoms with Gasteiger partial charge in [-0.3, -0.25) is 0 Å². The largest absolute Gasteiger partial charge is 0.444 e. The first kappa shape index (κ1) is 16.8. The second-order valence-corrected chi connectivity index (χ2v) is 7.26. The van der Waals surface area contributed by atoms with Crippen LogP contribution in [0.2, 0.25) is 0 Å². The van der Waals surface area contributed by atoms with Crippen molar-refractivity contribution in [2.75, 3.05) is 13.1 Å². The molecular formula is C18H28N2O2. The van der Waals surface area contributed by atoms with Crippen molar-refractivity contribution in [3.8, 4) is 0 Å². The average Bonchev–Trinajstić information content (AvgIpc) is 2.40. The van der Waals surface area contributed by atoms with Crippen LogP contribution in [0.3, 0.4) is 0 Å². The summed E-state index contributed by atoms with van der Waals surface area (Å²) in [5, 5.41) is 6.53. The average molecular weight is 304 g/mol. The van der Waals surface area contributed by atoms with Gasteiger partial charge in [0.15, 0.2) is 0 Å². The molecule has 122 valence electrons. The van der Waals surface area contributed by atoms with Crippen LogP contribution in [0, 0.1) is 6.92 Å². The molecule has 1 fully saturated rings. The molecule has 4 nitrogen and oxygen atoms in total. The Morgan fingerprint density at radius 3 is 2.50 bits per heavy atom. The molecule has 0 aromatic heterocycles. The highest BCUT2D eigenvalue weighted by Crippen LogP contribution is 2.26. The zero-order chi connectivity index (χ0) is 16.2. The first-order valence-corrected chi connectivity index (χ1v) is 8.06. The number of aryl methyl sites for hydroxylation is 1. The SMILES string of the molecule is Cc1ccccc1CC1(NC(=O)OC(C)(C)C)CCNCC1. The highest BCUT2D eigenvalue weighted by atomic mass is 16.6. The fourth-order valence-electron chi connectivity index (χ4n) is 2.94. The van der Waals surface area contributed by atoms with Crippen molar-refractivity contribution >= 4 is 6.09 Å². The minimum atomic E-state index is -0.471. The summed E-state index contributed by atoms with van der Waals surface area (Å²) in [6, 6.07) is 8.38. The van der Waals surface area contributed by atoms with E-state index in [1.54, 1.807) is 0 Å². The fraction of sp³-hybridized carbons (Fsp3) is 0.611. The number of hydrogen-bond donors (Lipinski definition) is 2. The lowest BCUT2D eigenvalue weighted by molar-refractivity contribution is 0.0430. The van der Waals surface area contributed by atoms with Crippen molar-refractivity contribution in [2.24, 2.45) is 0 Å². The maximum atomic E-state index is 12.3. The normalized spacial score (nSPS) is 17.8. The third kappa shape index (κ3) is 4.73. The monoisotopic (exact) mass is 304 g/mol. The van der Waals surface area contributed by atoms with Crippen LogP contribution >= 0.6 is 0 Å². The molecule has 0 aliphatic carbocycles. The number of ether oxygens (including phenoxy) is 1. The molecule has 2 rings (SSSR count). The Labute approximate surface area is 133 Å². The van der Waals surface area contributed by atoms with Crippen LogP contribution in [0.5, 0.6) is 0 Å². The molecule has 2 N–H and O–H groups in total.